The molecule has 14 heavy (non-hydrogen) atoms. The zero-order chi connectivity index (χ0) is 11.0. The Bertz CT molecular complexity index is 125. The fourth-order valence-corrected chi connectivity index (χ4v) is 2.41. The van der Waals surface area contributed by atoms with Crippen LogP contribution in [0.5, 0.6) is 0 Å². The van der Waals surface area contributed by atoms with Gasteiger partial charge in [0.25, 0.3) is 0 Å². The minimum absolute atomic E-state index is 0.700. The summed E-state index contributed by atoms with van der Waals surface area (Å²) in [6.07, 6.45) is 3.91. The van der Waals surface area contributed by atoms with Crippen LogP contribution in [0, 0.1) is 5.92 Å². The van der Waals surface area contributed by atoms with E-state index in [9.17, 15) is 0 Å². The molecular formula is C12H26BrN. The molecule has 0 aromatic carbocycles. The van der Waals surface area contributed by atoms with Gasteiger partial charge in [0, 0.05) is 11.4 Å². The van der Waals surface area contributed by atoms with Gasteiger partial charge in [-0.3, -0.25) is 0 Å². The van der Waals surface area contributed by atoms with Gasteiger partial charge in [0.2, 0.25) is 0 Å². The van der Waals surface area contributed by atoms with Gasteiger partial charge in [-0.05, 0) is 52.1 Å². The smallest absolute Gasteiger partial charge is 0.00385 e. The first-order chi connectivity index (χ1) is 6.61. The zero-order valence-electron chi connectivity index (χ0n) is 10.2. The molecule has 0 radical (unpaired) electrons. The van der Waals surface area contributed by atoms with Crippen LogP contribution < -0.4 is 0 Å². The summed E-state index contributed by atoms with van der Waals surface area (Å²) in [6.45, 7) is 11.7. The Morgan fingerprint density at radius 1 is 1.07 bits per heavy atom. The van der Waals surface area contributed by atoms with E-state index < -0.39 is 0 Å². The molecule has 1 atom stereocenters. The van der Waals surface area contributed by atoms with Crippen molar-refractivity contribution in [3.8, 4) is 0 Å². The van der Waals surface area contributed by atoms with Crippen molar-refractivity contribution in [2.24, 2.45) is 5.92 Å². The maximum Gasteiger partial charge on any atom is 0.00385 e. The summed E-state index contributed by atoms with van der Waals surface area (Å²) in [5.74, 6) is 0.854. The van der Waals surface area contributed by atoms with Crippen molar-refractivity contribution < 1.29 is 0 Å². The van der Waals surface area contributed by atoms with Gasteiger partial charge < -0.3 is 4.90 Å². The van der Waals surface area contributed by atoms with E-state index in [1.807, 2.05) is 0 Å². The van der Waals surface area contributed by atoms with E-state index in [4.69, 9.17) is 0 Å². The van der Waals surface area contributed by atoms with Gasteiger partial charge in [-0.25, -0.2) is 0 Å². The second kappa shape index (κ2) is 8.72. The highest BCUT2D eigenvalue weighted by Crippen LogP contribution is 2.11. The van der Waals surface area contributed by atoms with Crippen LogP contribution in [0.1, 0.15) is 47.0 Å². The molecule has 86 valence electrons. The van der Waals surface area contributed by atoms with Gasteiger partial charge in [-0.1, -0.05) is 29.8 Å². The quantitative estimate of drug-likeness (QED) is 0.601. The molecule has 0 saturated carbocycles. The summed E-state index contributed by atoms with van der Waals surface area (Å²) >= 11 is 3.50. The summed E-state index contributed by atoms with van der Waals surface area (Å²) in [5.41, 5.74) is 0. The van der Waals surface area contributed by atoms with E-state index in [-0.39, 0.29) is 0 Å². The summed E-state index contributed by atoms with van der Waals surface area (Å²) in [5, 5.41) is 1.14. The molecule has 0 spiro atoms. The highest BCUT2D eigenvalue weighted by atomic mass is 79.9. The van der Waals surface area contributed by atoms with Gasteiger partial charge in [0.1, 0.15) is 0 Å². The monoisotopic (exact) mass is 263 g/mol. The largest absolute Gasteiger partial charge is 0.301 e. The average molecular weight is 264 g/mol. The van der Waals surface area contributed by atoms with Crippen molar-refractivity contribution >= 4 is 15.9 Å². The van der Waals surface area contributed by atoms with Gasteiger partial charge in [-0.2, -0.15) is 0 Å². The van der Waals surface area contributed by atoms with Crippen LogP contribution in [0.25, 0.3) is 0 Å². The number of hydrogen-bond donors (Lipinski definition) is 0. The fraction of sp³-hybridized carbons (Fsp3) is 1.00. The van der Waals surface area contributed by atoms with Crippen molar-refractivity contribution in [3.05, 3.63) is 0 Å². The van der Waals surface area contributed by atoms with E-state index in [0.29, 0.717) is 6.04 Å². The molecule has 0 aromatic heterocycles. The Kier molecular flexibility index (Phi) is 9.00. The lowest BCUT2D eigenvalue weighted by atomic mass is 10.0. The first-order valence-corrected chi connectivity index (χ1v) is 7.04. The second-order valence-electron chi connectivity index (χ2n) is 4.50. The van der Waals surface area contributed by atoms with Crippen molar-refractivity contribution in [1.82, 2.24) is 4.90 Å². The van der Waals surface area contributed by atoms with E-state index in [2.05, 4.69) is 48.5 Å². The van der Waals surface area contributed by atoms with Gasteiger partial charge in [0.05, 0.1) is 0 Å². The SMILES string of the molecule is CCCN(CCC(C)CCBr)C(C)C. The third-order valence-corrected chi connectivity index (χ3v) is 3.21. The highest BCUT2D eigenvalue weighted by molar-refractivity contribution is 9.09. The molecule has 1 unspecified atom stereocenters. The van der Waals surface area contributed by atoms with Crippen LogP contribution in [0.3, 0.4) is 0 Å². The van der Waals surface area contributed by atoms with Crippen molar-refractivity contribution in [2.45, 2.75) is 53.0 Å². The van der Waals surface area contributed by atoms with Crippen LogP contribution in [-0.4, -0.2) is 29.4 Å². The van der Waals surface area contributed by atoms with Gasteiger partial charge in [-0.15, -0.1) is 0 Å². The van der Waals surface area contributed by atoms with Crippen LogP contribution >= 0.6 is 15.9 Å². The van der Waals surface area contributed by atoms with Crippen molar-refractivity contribution in [2.75, 3.05) is 18.4 Å². The topological polar surface area (TPSA) is 3.24 Å². The van der Waals surface area contributed by atoms with Gasteiger partial charge >= 0.3 is 0 Å². The van der Waals surface area contributed by atoms with Crippen molar-refractivity contribution in [1.29, 1.82) is 0 Å². The molecule has 0 rings (SSSR count). The fourth-order valence-electron chi connectivity index (χ4n) is 1.63. The predicted octanol–water partition coefficient (Wildman–Crippen LogP) is 3.92. The van der Waals surface area contributed by atoms with E-state index in [1.165, 1.54) is 32.4 Å². The summed E-state index contributed by atoms with van der Waals surface area (Å²) in [6, 6.07) is 0.700. The zero-order valence-corrected chi connectivity index (χ0v) is 11.8. The molecule has 0 amide bonds. The number of alkyl halides is 1. The van der Waals surface area contributed by atoms with Crippen LogP contribution in [0.15, 0.2) is 0 Å². The van der Waals surface area contributed by atoms with E-state index >= 15 is 0 Å². The third-order valence-electron chi connectivity index (χ3n) is 2.75. The molecule has 0 saturated heterocycles. The number of nitrogens with zero attached hydrogens (tertiary/aromatic N) is 1. The third kappa shape index (κ3) is 6.83. The van der Waals surface area contributed by atoms with Crippen LogP contribution in [0.2, 0.25) is 0 Å². The summed E-state index contributed by atoms with van der Waals surface area (Å²) in [7, 11) is 0. The number of hydrogen-bond acceptors (Lipinski definition) is 1. The van der Waals surface area contributed by atoms with Crippen molar-refractivity contribution in [3.63, 3.8) is 0 Å². The van der Waals surface area contributed by atoms with Crippen LogP contribution in [0.4, 0.5) is 0 Å². The molecule has 0 aromatic rings. The molecular weight excluding hydrogens is 238 g/mol. The first kappa shape index (κ1) is 14.4. The summed E-state index contributed by atoms with van der Waals surface area (Å²) in [4.78, 5) is 2.59. The Morgan fingerprint density at radius 2 is 1.71 bits per heavy atom. The minimum Gasteiger partial charge on any atom is -0.301 e. The Morgan fingerprint density at radius 3 is 2.14 bits per heavy atom. The molecule has 0 heterocycles. The van der Waals surface area contributed by atoms with E-state index in [1.54, 1.807) is 0 Å². The molecule has 1 nitrogen and oxygen atoms in total. The molecule has 0 fully saturated rings. The standard InChI is InChI=1S/C12H26BrN/c1-5-9-14(11(2)3)10-7-12(4)6-8-13/h11-12H,5-10H2,1-4H3. The minimum atomic E-state index is 0.700. The Balaban J connectivity index is 3.69. The maximum absolute atomic E-state index is 3.50. The second-order valence-corrected chi connectivity index (χ2v) is 5.29. The Hall–Kier alpha value is 0.440. The first-order valence-electron chi connectivity index (χ1n) is 5.91. The molecule has 0 aliphatic carbocycles. The molecule has 0 bridgehead atoms. The lowest BCUT2D eigenvalue weighted by Gasteiger charge is -2.27. The lowest BCUT2D eigenvalue weighted by molar-refractivity contribution is 0.207. The van der Waals surface area contributed by atoms with Gasteiger partial charge in [0.15, 0.2) is 0 Å². The maximum atomic E-state index is 3.50. The van der Waals surface area contributed by atoms with Crippen LogP contribution in [-0.2, 0) is 0 Å². The molecule has 0 aliphatic heterocycles. The average Bonchev–Trinajstić information content (AvgIpc) is 2.12. The summed E-state index contributed by atoms with van der Waals surface area (Å²) < 4.78 is 0. The van der Waals surface area contributed by atoms with E-state index in [0.717, 1.165) is 11.2 Å². The molecule has 2 heteroatoms. The Labute approximate surface area is 98.4 Å². The number of rotatable bonds is 8. The highest BCUT2D eigenvalue weighted by Gasteiger charge is 2.09. The predicted molar refractivity (Wildman–Crippen MR) is 69.2 cm³/mol. The number of halogens is 1. The molecule has 0 N–H and O–H groups in total. The molecule has 0 aliphatic rings. The lowest BCUT2D eigenvalue weighted by Crippen LogP contribution is -2.33. The normalized spacial score (nSPS) is 13.9.